The van der Waals surface area contributed by atoms with E-state index >= 15 is 0 Å². The molecule has 0 aliphatic carbocycles. The highest BCUT2D eigenvalue weighted by atomic mass is 35.5. The van der Waals surface area contributed by atoms with Gasteiger partial charge in [-0.2, -0.15) is 0 Å². The molecule has 2 heteroatoms. The molecule has 1 heterocycles. The first kappa shape index (κ1) is 8.76. The molecule has 1 aliphatic heterocycles. The van der Waals surface area contributed by atoms with E-state index in [1.54, 1.807) is 0 Å². The number of hydrogen-bond acceptors (Lipinski definition) is 1. The molecule has 0 fully saturated rings. The zero-order valence-electron chi connectivity index (χ0n) is 7.79. The maximum Gasteiger partial charge on any atom is 0.0665 e. The van der Waals surface area contributed by atoms with Gasteiger partial charge in [0.05, 0.1) is 5.69 Å². The van der Waals surface area contributed by atoms with Gasteiger partial charge >= 0.3 is 0 Å². The van der Waals surface area contributed by atoms with Gasteiger partial charge in [-0.3, -0.25) is 4.99 Å². The summed E-state index contributed by atoms with van der Waals surface area (Å²) < 4.78 is 0. The van der Waals surface area contributed by atoms with Crippen LogP contribution < -0.4 is 0 Å². The second-order valence-electron chi connectivity index (χ2n) is 3.75. The summed E-state index contributed by atoms with van der Waals surface area (Å²) in [4.78, 5) is 4.36. The molecule has 1 aromatic carbocycles. The molecule has 1 nitrogen and oxygen atoms in total. The second-order valence-corrected chi connectivity index (χ2v) is 4.19. The monoisotopic (exact) mass is 193 g/mol. The average molecular weight is 194 g/mol. The van der Waals surface area contributed by atoms with Gasteiger partial charge in [0.2, 0.25) is 0 Å². The first-order chi connectivity index (χ1) is 6.18. The Kier molecular flexibility index (Phi) is 2.12. The van der Waals surface area contributed by atoms with Crippen LogP contribution in [0.1, 0.15) is 25.3 Å². The van der Waals surface area contributed by atoms with Crippen molar-refractivity contribution in [2.75, 3.05) is 0 Å². The molecule has 68 valence electrons. The summed E-state index contributed by atoms with van der Waals surface area (Å²) in [5, 5.41) is 0.801. The summed E-state index contributed by atoms with van der Waals surface area (Å²) in [6, 6.07) is 5.89. The fourth-order valence-corrected chi connectivity index (χ4v) is 1.86. The fourth-order valence-electron chi connectivity index (χ4n) is 1.68. The van der Waals surface area contributed by atoms with E-state index in [0.29, 0.717) is 11.8 Å². The molecule has 1 atom stereocenters. The quantitative estimate of drug-likeness (QED) is 0.644. The van der Waals surface area contributed by atoms with Crippen LogP contribution in [0, 0.1) is 5.92 Å². The van der Waals surface area contributed by atoms with Crippen LogP contribution in [0.4, 0.5) is 5.69 Å². The largest absolute Gasteiger partial charge is 0.260 e. The molecule has 1 unspecified atom stereocenters. The number of fused-ring (bicyclic) bond motifs is 1. The molecule has 0 amide bonds. The predicted octanol–water partition coefficient (Wildman–Crippen LogP) is 3.80. The summed E-state index contributed by atoms with van der Waals surface area (Å²) in [5.74, 6) is 1.03. The molecular formula is C11H12ClN. The van der Waals surface area contributed by atoms with Crippen molar-refractivity contribution in [3.05, 3.63) is 28.8 Å². The van der Waals surface area contributed by atoms with Gasteiger partial charge in [-0.15, -0.1) is 0 Å². The maximum absolute atomic E-state index is 5.94. The van der Waals surface area contributed by atoms with Crippen molar-refractivity contribution in [1.82, 2.24) is 0 Å². The van der Waals surface area contributed by atoms with Crippen LogP contribution in [0.5, 0.6) is 0 Å². The van der Waals surface area contributed by atoms with E-state index in [0.717, 1.165) is 10.7 Å². The molecule has 0 saturated heterocycles. The highest BCUT2D eigenvalue weighted by Gasteiger charge is 2.21. The minimum atomic E-state index is 0.439. The molecule has 0 saturated carbocycles. The Hall–Kier alpha value is -0.820. The Bertz CT molecular complexity index is 355. The van der Waals surface area contributed by atoms with E-state index in [2.05, 4.69) is 18.8 Å². The number of nitrogens with zero attached hydrogens (tertiary/aromatic N) is 1. The van der Waals surface area contributed by atoms with Crippen molar-refractivity contribution < 1.29 is 0 Å². The second kappa shape index (κ2) is 3.15. The number of aliphatic imine (C=N–C) groups is 1. The first-order valence-electron chi connectivity index (χ1n) is 4.52. The number of halogens is 1. The normalized spacial score (nSPS) is 19.5. The molecule has 0 bridgehead atoms. The van der Waals surface area contributed by atoms with Crippen LogP contribution in [0.25, 0.3) is 0 Å². The molecule has 0 aromatic heterocycles. The van der Waals surface area contributed by atoms with Gasteiger partial charge < -0.3 is 0 Å². The third-order valence-corrected chi connectivity index (χ3v) is 2.68. The lowest BCUT2D eigenvalue weighted by molar-refractivity contribution is 0.617. The average Bonchev–Trinajstić information content (AvgIpc) is 2.46. The summed E-state index contributed by atoms with van der Waals surface area (Å²) >= 11 is 5.94. The third kappa shape index (κ3) is 1.49. The van der Waals surface area contributed by atoms with Gasteiger partial charge in [0, 0.05) is 17.2 Å². The minimum absolute atomic E-state index is 0.439. The van der Waals surface area contributed by atoms with Crippen molar-refractivity contribution in [3.8, 4) is 0 Å². The lowest BCUT2D eigenvalue weighted by Gasteiger charge is -2.12. The topological polar surface area (TPSA) is 12.4 Å². The highest BCUT2D eigenvalue weighted by Crippen LogP contribution is 2.37. The third-order valence-electron chi connectivity index (χ3n) is 2.44. The van der Waals surface area contributed by atoms with Crippen molar-refractivity contribution in [2.45, 2.75) is 19.8 Å². The Labute approximate surface area is 83.4 Å². The van der Waals surface area contributed by atoms with Gasteiger partial charge in [-0.1, -0.05) is 25.4 Å². The molecular weight excluding hydrogens is 182 g/mol. The van der Waals surface area contributed by atoms with Gasteiger partial charge in [-0.25, -0.2) is 0 Å². The summed E-state index contributed by atoms with van der Waals surface area (Å²) in [6.45, 7) is 4.40. The van der Waals surface area contributed by atoms with E-state index in [-0.39, 0.29) is 0 Å². The summed E-state index contributed by atoms with van der Waals surface area (Å²) in [6.07, 6.45) is 2.02. The lowest BCUT2D eigenvalue weighted by atomic mass is 9.90. The Morgan fingerprint density at radius 2 is 2.15 bits per heavy atom. The van der Waals surface area contributed by atoms with Crippen molar-refractivity contribution in [2.24, 2.45) is 10.9 Å². The van der Waals surface area contributed by atoms with Crippen LogP contribution in [0.15, 0.2) is 23.2 Å². The van der Waals surface area contributed by atoms with Crippen LogP contribution in [-0.4, -0.2) is 6.21 Å². The Morgan fingerprint density at radius 1 is 1.38 bits per heavy atom. The number of rotatable bonds is 1. The molecule has 0 N–H and O–H groups in total. The Balaban J connectivity index is 2.45. The van der Waals surface area contributed by atoms with Gasteiger partial charge in [0.25, 0.3) is 0 Å². The smallest absolute Gasteiger partial charge is 0.0665 e. The molecule has 0 spiro atoms. The van der Waals surface area contributed by atoms with Crippen LogP contribution in [0.2, 0.25) is 5.02 Å². The Morgan fingerprint density at radius 3 is 2.85 bits per heavy atom. The van der Waals surface area contributed by atoms with E-state index in [1.807, 2.05) is 24.4 Å². The predicted molar refractivity (Wildman–Crippen MR) is 57.2 cm³/mol. The summed E-state index contributed by atoms with van der Waals surface area (Å²) in [5.41, 5.74) is 2.34. The first-order valence-corrected chi connectivity index (χ1v) is 4.90. The van der Waals surface area contributed by atoms with Crippen LogP contribution in [-0.2, 0) is 0 Å². The lowest BCUT2D eigenvalue weighted by Crippen LogP contribution is -2.04. The fraction of sp³-hybridized carbons (Fsp3) is 0.364. The summed E-state index contributed by atoms with van der Waals surface area (Å²) in [7, 11) is 0. The molecule has 2 rings (SSSR count). The zero-order valence-corrected chi connectivity index (χ0v) is 8.55. The minimum Gasteiger partial charge on any atom is -0.260 e. The van der Waals surface area contributed by atoms with E-state index in [9.17, 15) is 0 Å². The van der Waals surface area contributed by atoms with Crippen molar-refractivity contribution >= 4 is 23.5 Å². The highest BCUT2D eigenvalue weighted by molar-refractivity contribution is 6.30. The van der Waals surface area contributed by atoms with Gasteiger partial charge in [-0.05, 0) is 29.7 Å². The van der Waals surface area contributed by atoms with Crippen molar-refractivity contribution in [3.63, 3.8) is 0 Å². The molecule has 1 aliphatic rings. The van der Waals surface area contributed by atoms with E-state index < -0.39 is 0 Å². The molecule has 0 radical (unpaired) electrons. The van der Waals surface area contributed by atoms with E-state index in [4.69, 9.17) is 11.6 Å². The molecule has 13 heavy (non-hydrogen) atoms. The molecule has 1 aromatic rings. The SMILES string of the molecule is CC(C)C1C=Nc2ccc(Cl)cc21. The van der Waals surface area contributed by atoms with Crippen molar-refractivity contribution in [1.29, 1.82) is 0 Å². The number of hydrogen-bond donors (Lipinski definition) is 0. The standard InChI is InChI=1S/C11H12ClN/c1-7(2)10-6-13-11-4-3-8(12)5-9(10)11/h3-7,10H,1-2H3. The maximum atomic E-state index is 5.94. The number of benzene rings is 1. The zero-order chi connectivity index (χ0) is 9.42. The van der Waals surface area contributed by atoms with Crippen LogP contribution >= 0.6 is 11.6 Å². The van der Waals surface area contributed by atoms with Gasteiger partial charge in [0.15, 0.2) is 0 Å². The van der Waals surface area contributed by atoms with Crippen LogP contribution in [0.3, 0.4) is 0 Å². The van der Waals surface area contributed by atoms with E-state index in [1.165, 1.54) is 5.56 Å². The van der Waals surface area contributed by atoms with Gasteiger partial charge in [0.1, 0.15) is 0 Å².